The van der Waals surface area contributed by atoms with Crippen molar-refractivity contribution in [1.29, 1.82) is 0 Å². The SMILES string of the molecule is CC(C)C(N)c1cncn1-c1ccccc1Br. The summed E-state index contributed by atoms with van der Waals surface area (Å²) in [4.78, 5) is 4.21. The summed E-state index contributed by atoms with van der Waals surface area (Å²) in [6.45, 7) is 4.23. The minimum absolute atomic E-state index is 0.00962. The van der Waals surface area contributed by atoms with Crippen molar-refractivity contribution in [3.8, 4) is 5.69 Å². The van der Waals surface area contributed by atoms with Crippen molar-refractivity contribution in [3.63, 3.8) is 0 Å². The van der Waals surface area contributed by atoms with Gasteiger partial charge in [-0.05, 0) is 34.0 Å². The molecule has 0 radical (unpaired) electrons. The van der Waals surface area contributed by atoms with Gasteiger partial charge in [-0.2, -0.15) is 0 Å². The molecule has 4 heteroatoms. The molecule has 1 aromatic heterocycles. The van der Waals surface area contributed by atoms with E-state index in [1.807, 2.05) is 35.0 Å². The second-order valence-corrected chi connectivity index (χ2v) is 5.26. The van der Waals surface area contributed by atoms with Gasteiger partial charge >= 0.3 is 0 Å². The Hall–Kier alpha value is -1.13. The van der Waals surface area contributed by atoms with Crippen LogP contribution >= 0.6 is 15.9 Å². The Kier molecular flexibility index (Phi) is 3.64. The van der Waals surface area contributed by atoms with Crippen molar-refractivity contribution >= 4 is 15.9 Å². The number of benzene rings is 1. The lowest BCUT2D eigenvalue weighted by molar-refractivity contribution is 0.497. The molecule has 2 rings (SSSR count). The van der Waals surface area contributed by atoms with E-state index >= 15 is 0 Å². The maximum atomic E-state index is 6.19. The van der Waals surface area contributed by atoms with E-state index in [0.717, 1.165) is 15.9 Å². The third-order valence-corrected chi connectivity index (χ3v) is 3.51. The predicted octanol–water partition coefficient (Wildman–Crippen LogP) is 3.29. The molecule has 0 saturated carbocycles. The summed E-state index contributed by atoms with van der Waals surface area (Å²) in [5.74, 6) is 0.382. The monoisotopic (exact) mass is 293 g/mol. The van der Waals surface area contributed by atoms with Gasteiger partial charge in [0.2, 0.25) is 0 Å². The van der Waals surface area contributed by atoms with Crippen molar-refractivity contribution in [2.45, 2.75) is 19.9 Å². The molecule has 0 aliphatic carbocycles. The van der Waals surface area contributed by atoms with Crippen LogP contribution in [0.1, 0.15) is 25.6 Å². The van der Waals surface area contributed by atoms with Crippen LogP contribution in [-0.2, 0) is 0 Å². The highest BCUT2D eigenvalue weighted by Gasteiger charge is 2.16. The number of halogens is 1. The van der Waals surface area contributed by atoms with Gasteiger partial charge in [0.25, 0.3) is 0 Å². The lowest BCUT2D eigenvalue weighted by atomic mass is 10.0. The van der Waals surface area contributed by atoms with Gasteiger partial charge < -0.3 is 10.3 Å². The number of hydrogen-bond acceptors (Lipinski definition) is 2. The largest absolute Gasteiger partial charge is 0.322 e. The average molecular weight is 294 g/mol. The summed E-state index contributed by atoms with van der Waals surface area (Å²) in [6, 6.07) is 8.05. The highest BCUT2D eigenvalue weighted by molar-refractivity contribution is 9.10. The smallest absolute Gasteiger partial charge is 0.0995 e. The van der Waals surface area contributed by atoms with Gasteiger partial charge in [0.1, 0.15) is 0 Å². The van der Waals surface area contributed by atoms with E-state index in [1.54, 1.807) is 6.33 Å². The molecule has 17 heavy (non-hydrogen) atoms. The van der Waals surface area contributed by atoms with Crippen molar-refractivity contribution in [2.75, 3.05) is 0 Å². The summed E-state index contributed by atoms with van der Waals surface area (Å²) in [5, 5.41) is 0. The quantitative estimate of drug-likeness (QED) is 0.944. The molecular formula is C13H16BrN3. The molecule has 0 amide bonds. The number of aromatic nitrogens is 2. The van der Waals surface area contributed by atoms with Crippen LogP contribution in [0, 0.1) is 5.92 Å². The first-order valence-electron chi connectivity index (χ1n) is 5.64. The van der Waals surface area contributed by atoms with E-state index in [-0.39, 0.29) is 6.04 Å². The van der Waals surface area contributed by atoms with Crippen LogP contribution in [0.3, 0.4) is 0 Å². The van der Waals surface area contributed by atoms with Gasteiger partial charge in [-0.3, -0.25) is 0 Å². The Morgan fingerprint density at radius 2 is 2.00 bits per heavy atom. The molecule has 1 aromatic carbocycles. The predicted molar refractivity (Wildman–Crippen MR) is 73.0 cm³/mol. The van der Waals surface area contributed by atoms with Crippen LogP contribution < -0.4 is 5.73 Å². The third kappa shape index (κ3) is 2.42. The molecule has 0 fully saturated rings. The van der Waals surface area contributed by atoms with Crippen molar-refractivity contribution in [2.24, 2.45) is 11.7 Å². The standard InChI is InChI=1S/C13H16BrN3/c1-9(2)13(15)12-7-16-8-17(12)11-6-4-3-5-10(11)14/h3-9,13H,15H2,1-2H3. The van der Waals surface area contributed by atoms with Crippen LogP contribution in [0.4, 0.5) is 0 Å². The van der Waals surface area contributed by atoms with E-state index in [2.05, 4.69) is 34.8 Å². The van der Waals surface area contributed by atoms with Crippen LogP contribution in [0.5, 0.6) is 0 Å². The fraction of sp³-hybridized carbons (Fsp3) is 0.308. The molecule has 1 heterocycles. The fourth-order valence-corrected chi connectivity index (χ4v) is 2.22. The maximum Gasteiger partial charge on any atom is 0.0995 e. The van der Waals surface area contributed by atoms with E-state index in [1.165, 1.54) is 0 Å². The number of nitrogens with two attached hydrogens (primary N) is 1. The van der Waals surface area contributed by atoms with Crippen molar-refractivity contribution in [1.82, 2.24) is 9.55 Å². The number of para-hydroxylation sites is 1. The van der Waals surface area contributed by atoms with Crippen LogP contribution in [0.25, 0.3) is 5.69 Å². The second-order valence-electron chi connectivity index (χ2n) is 4.41. The summed E-state index contributed by atoms with van der Waals surface area (Å²) in [5.41, 5.74) is 8.29. The zero-order valence-corrected chi connectivity index (χ0v) is 11.6. The van der Waals surface area contributed by atoms with Gasteiger partial charge in [0.15, 0.2) is 0 Å². The Morgan fingerprint density at radius 1 is 1.29 bits per heavy atom. The zero-order chi connectivity index (χ0) is 12.4. The summed E-state index contributed by atoms with van der Waals surface area (Å²) in [6.07, 6.45) is 3.64. The molecule has 0 spiro atoms. The molecule has 0 aliphatic rings. The highest BCUT2D eigenvalue weighted by Crippen LogP contribution is 2.26. The average Bonchev–Trinajstić information content (AvgIpc) is 2.77. The highest BCUT2D eigenvalue weighted by atomic mass is 79.9. The van der Waals surface area contributed by atoms with Crippen LogP contribution in [0.2, 0.25) is 0 Å². The second kappa shape index (κ2) is 5.02. The van der Waals surface area contributed by atoms with Gasteiger partial charge in [0.05, 0.1) is 23.9 Å². The van der Waals surface area contributed by atoms with Crippen LogP contribution in [0.15, 0.2) is 41.3 Å². The summed E-state index contributed by atoms with van der Waals surface area (Å²) in [7, 11) is 0. The fourth-order valence-electron chi connectivity index (χ4n) is 1.74. The first-order chi connectivity index (χ1) is 8.11. The first kappa shape index (κ1) is 12.3. The van der Waals surface area contributed by atoms with E-state index in [4.69, 9.17) is 5.73 Å². The minimum atomic E-state index is -0.00962. The molecule has 90 valence electrons. The molecular weight excluding hydrogens is 278 g/mol. The lowest BCUT2D eigenvalue weighted by Gasteiger charge is -2.18. The molecule has 1 atom stereocenters. The van der Waals surface area contributed by atoms with Crippen molar-refractivity contribution in [3.05, 3.63) is 47.0 Å². The molecule has 3 nitrogen and oxygen atoms in total. The molecule has 1 unspecified atom stereocenters. The van der Waals surface area contributed by atoms with Gasteiger partial charge in [0, 0.05) is 10.5 Å². The Balaban J connectivity index is 2.48. The molecule has 0 saturated heterocycles. The third-order valence-electron chi connectivity index (χ3n) is 2.84. The minimum Gasteiger partial charge on any atom is -0.322 e. The molecule has 0 bridgehead atoms. The van der Waals surface area contributed by atoms with Crippen molar-refractivity contribution < 1.29 is 0 Å². The number of hydrogen-bond donors (Lipinski definition) is 1. The van der Waals surface area contributed by atoms with Gasteiger partial charge in [-0.25, -0.2) is 4.98 Å². The van der Waals surface area contributed by atoms with E-state index in [0.29, 0.717) is 5.92 Å². The first-order valence-corrected chi connectivity index (χ1v) is 6.43. The Bertz CT molecular complexity index is 505. The van der Waals surface area contributed by atoms with Gasteiger partial charge in [-0.15, -0.1) is 0 Å². The van der Waals surface area contributed by atoms with Gasteiger partial charge in [-0.1, -0.05) is 26.0 Å². The van der Waals surface area contributed by atoms with E-state index in [9.17, 15) is 0 Å². The Morgan fingerprint density at radius 3 is 2.65 bits per heavy atom. The molecule has 2 aromatic rings. The van der Waals surface area contributed by atoms with Crippen LogP contribution in [-0.4, -0.2) is 9.55 Å². The lowest BCUT2D eigenvalue weighted by Crippen LogP contribution is -2.19. The molecule has 2 N–H and O–H groups in total. The topological polar surface area (TPSA) is 43.8 Å². The number of imidazole rings is 1. The normalized spacial score (nSPS) is 13.0. The number of nitrogens with zero attached hydrogens (tertiary/aromatic N) is 2. The van der Waals surface area contributed by atoms with E-state index < -0.39 is 0 Å². The number of rotatable bonds is 3. The summed E-state index contributed by atoms with van der Waals surface area (Å²) >= 11 is 3.55. The Labute approximate surface area is 110 Å². The summed E-state index contributed by atoms with van der Waals surface area (Å²) < 4.78 is 3.07. The maximum absolute atomic E-state index is 6.19. The zero-order valence-electron chi connectivity index (χ0n) is 9.97. The molecule has 0 aliphatic heterocycles.